The SMILES string of the molecule is C/C=C/C[C@@H](C)[C@@H](O)C1C(=O)N[C@@H](CC)C(=O)N(C)[C@H](SCC2(NC)CC2)C(=O)N(C)[C@@H](CC(C)(C)O)C(=O)N[C@H](C(C)C)C(=O)N(C)[C@H](CC(C)C)C(=O)N[C@H](C)C(=O)NC(=O)N(C)[C@H](CC(C)C)C(=O)N(C)[C@@H](CC(C)C)C(=O)N(C)[C@@H](C(C)C)C(=O)N1C. The van der Waals surface area contributed by atoms with Gasteiger partial charge < -0.3 is 65.8 Å². The molecule has 1 saturated carbocycles. The molecule has 12 amide bonds. The van der Waals surface area contributed by atoms with Crippen LogP contribution in [-0.2, 0) is 47.9 Å². The maximum atomic E-state index is 15.3. The van der Waals surface area contributed by atoms with Gasteiger partial charge in [-0.05, 0) is 115 Å². The summed E-state index contributed by atoms with van der Waals surface area (Å²) in [5, 5.41) is 36.2. The van der Waals surface area contributed by atoms with Crippen LogP contribution in [0.3, 0.4) is 0 Å². The molecule has 26 heteroatoms. The van der Waals surface area contributed by atoms with Crippen molar-refractivity contribution < 1.29 is 63.0 Å². The van der Waals surface area contributed by atoms with Crippen LogP contribution in [0.2, 0.25) is 0 Å². The van der Waals surface area contributed by atoms with Crippen molar-refractivity contribution in [1.29, 1.82) is 0 Å². The Kier molecular flexibility index (Phi) is 31.6. The molecule has 1 heterocycles. The van der Waals surface area contributed by atoms with Crippen molar-refractivity contribution >= 4 is 76.9 Å². The Morgan fingerprint density at radius 2 is 1.05 bits per heavy atom. The number of thioether (sulfide) groups is 1. The molecular formula is C65H116N12O13S. The van der Waals surface area contributed by atoms with Gasteiger partial charge in [0.2, 0.25) is 53.2 Å². The van der Waals surface area contributed by atoms with Crippen LogP contribution in [0.5, 0.6) is 0 Å². The number of likely N-dealkylation sites (N-methyl/N-ethyl adjacent to an activating group) is 7. The van der Waals surface area contributed by atoms with Gasteiger partial charge in [0.25, 0.3) is 5.91 Å². The molecule has 12 atom stereocenters. The van der Waals surface area contributed by atoms with Gasteiger partial charge in [0.05, 0.1) is 11.7 Å². The van der Waals surface area contributed by atoms with Gasteiger partial charge in [0.15, 0.2) is 5.37 Å². The Hall–Kier alpha value is -5.86. The molecule has 1 aliphatic carbocycles. The highest BCUT2D eigenvalue weighted by Crippen LogP contribution is 2.40. The Morgan fingerprint density at radius 3 is 1.52 bits per heavy atom. The summed E-state index contributed by atoms with van der Waals surface area (Å²) in [6, 6.07) is -13.1. The van der Waals surface area contributed by atoms with Crippen LogP contribution in [-0.4, -0.2) is 249 Å². The fourth-order valence-corrected chi connectivity index (χ4v) is 12.9. The molecule has 0 radical (unpaired) electrons. The van der Waals surface area contributed by atoms with Gasteiger partial charge in [-0.1, -0.05) is 95.2 Å². The molecule has 2 fully saturated rings. The van der Waals surface area contributed by atoms with Crippen molar-refractivity contribution in [3.05, 3.63) is 12.2 Å². The summed E-state index contributed by atoms with van der Waals surface area (Å²) in [7, 11) is 11.5. The summed E-state index contributed by atoms with van der Waals surface area (Å²) in [5.74, 6) is -9.76. The monoisotopic (exact) mass is 1300 g/mol. The fraction of sp³-hybridized carbons (Fsp3) is 0.800. The van der Waals surface area contributed by atoms with E-state index >= 15 is 24.0 Å². The highest BCUT2D eigenvalue weighted by Gasteiger charge is 2.48. The third-order valence-corrected chi connectivity index (χ3v) is 19.1. The molecule has 2 aliphatic rings. The molecule has 0 aromatic heterocycles. The van der Waals surface area contributed by atoms with E-state index in [2.05, 4.69) is 26.6 Å². The number of aliphatic hydroxyl groups excluding tert-OH is 1. The van der Waals surface area contributed by atoms with Gasteiger partial charge in [0, 0.05) is 67.0 Å². The first-order valence-corrected chi connectivity index (χ1v) is 33.4. The van der Waals surface area contributed by atoms with E-state index in [4.69, 9.17) is 0 Å². The number of imide groups is 1. The summed E-state index contributed by atoms with van der Waals surface area (Å²) >= 11 is 1.13. The molecule has 0 bridgehead atoms. The van der Waals surface area contributed by atoms with Crippen LogP contribution in [0, 0.1) is 35.5 Å². The molecule has 0 aromatic carbocycles. The topological polar surface area (TPSA) is 311 Å². The van der Waals surface area contributed by atoms with E-state index in [1.165, 1.54) is 89.7 Å². The van der Waals surface area contributed by atoms with Crippen LogP contribution >= 0.6 is 11.8 Å². The smallest absolute Gasteiger partial charge is 0.324 e. The Balaban J connectivity index is 3.12. The molecule has 91 heavy (non-hydrogen) atoms. The van der Waals surface area contributed by atoms with E-state index in [1.807, 2.05) is 41.5 Å². The van der Waals surface area contributed by atoms with E-state index in [1.54, 1.807) is 67.7 Å². The minimum Gasteiger partial charge on any atom is -0.390 e. The average Bonchev–Trinajstić information content (AvgIpc) is 1.84. The summed E-state index contributed by atoms with van der Waals surface area (Å²) < 4.78 is 0. The van der Waals surface area contributed by atoms with Crippen molar-refractivity contribution in [1.82, 2.24) is 60.9 Å². The number of nitrogens with one attached hydrogen (secondary N) is 5. The molecular weight excluding hydrogens is 1190 g/mol. The molecule has 2 rings (SSSR count). The lowest BCUT2D eigenvalue weighted by Gasteiger charge is -2.41. The van der Waals surface area contributed by atoms with Crippen LogP contribution in [0.4, 0.5) is 4.79 Å². The first-order chi connectivity index (χ1) is 42.0. The third kappa shape index (κ3) is 22.4. The maximum Gasteiger partial charge on any atom is 0.324 e. The van der Waals surface area contributed by atoms with E-state index < -0.39 is 154 Å². The van der Waals surface area contributed by atoms with Gasteiger partial charge in [-0.3, -0.25) is 53.3 Å². The number of allylic oxidation sites excluding steroid dienone is 2. The van der Waals surface area contributed by atoms with E-state index in [0.29, 0.717) is 5.75 Å². The number of amides is 12. The number of carbonyl (C=O) groups is 11. The lowest BCUT2D eigenvalue weighted by atomic mass is 9.91. The second kappa shape index (κ2) is 35.4. The average molecular weight is 1310 g/mol. The Bertz CT molecular complexity index is 2560. The molecule has 1 aliphatic heterocycles. The minimum atomic E-state index is -1.66. The molecule has 25 nitrogen and oxygen atoms in total. The number of nitrogens with zero attached hydrogens (tertiary/aromatic N) is 7. The largest absolute Gasteiger partial charge is 0.390 e. The molecule has 7 N–H and O–H groups in total. The standard InChI is InChI=1S/C65H116N12O13S/c1-25-27-28-41(13)51(78)50-55(82)68-43(26-2)56(83)77(24)62(91-35-65(66-17)29-30-65)61(88)73(20)47(34-64(15,16)90)54(81)69-48(39(9)10)59(86)71(18)44(31-36(3)4)53(80)67-42(14)52(79)70-63(89)74(21)46(33-38(7)8)57(84)72(19)45(32-37(5)6)58(85)75(22)49(40(11)12)60(87)76(50)23/h25,27,36-51,62,66,78,90H,26,28-35H2,1-24H3,(H,67,80)(H,68,82)(H,69,81)(H,70,79,89)/b27-25+/t41-,42-,43+,44-,45+,46-,47+,48-,49+,50?,51-,62-/m1/s1. The van der Waals surface area contributed by atoms with Gasteiger partial charge >= 0.3 is 6.03 Å². The van der Waals surface area contributed by atoms with E-state index in [9.17, 15) is 39.0 Å². The fourth-order valence-electron chi connectivity index (χ4n) is 11.3. The lowest BCUT2D eigenvalue weighted by Crippen LogP contribution is -2.64. The molecule has 1 unspecified atom stereocenters. The number of carbonyl (C=O) groups excluding carboxylic acids is 11. The predicted octanol–water partition coefficient (Wildman–Crippen LogP) is 3.40. The van der Waals surface area contributed by atoms with Crippen molar-refractivity contribution in [3.8, 4) is 0 Å². The van der Waals surface area contributed by atoms with Crippen molar-refractivity contribution in [2.45, 2.75) is 239 Å². The van der Waals surface area contributed by atoms with Crippen LogP contribution in [0.15, 0.2) is 12.2 Å². The summed E-state index contributed by atoms with van der Waals surface area (Å²) in [6.45, 7) is 27.2. The predicted molar refractivity (Wildman–Crippen MR) is 353 cm³/mol. The Labute approximate surface area is 547 Å². The van der Waals surface area contributed by atoms with Gasteiger partial charge in [0.1, 0.15) is 54.4 Å². The summed E-state index contributed by atoms with van der Waals surface area (Å²) in [5.41, 5.74) is -1.96. The summed E-state index contributed by atoms with van der Waals surface area (Å²) in [6.07, 6.45) is 3.78. The quantitative estimate of drug-likeness (QED) is 0.0912. The first kappa shape index (κ1) is 81.2. The molecule has 0 aromatic rings. The number of hydrogen-bond donors (Lipinski definition) is 7. The van der Waals surface area contributed by atoms with Gasteiger partial charge in [-0.2, -0.15) is 0 Å². The maximum absolute atomic E-state index is 15.3. The molecule has 1 saturated heterocycles. The van der Waals surface area contributed by atoms with Crippen molar-refractivity contribution in [3.63, 3.8) is 0 Å². The highest BCUT2D eigenvalue weighted by molar-refractivity contribution is 8.00. The summed E-state index contributed by atoms with van der Waals surface area (Å²) in [4.78, 5) is 171. The zero-order valence-corrected chi connectivity index (χ0v) is 60.1. The number of aliphatic hydroxyl groups is 2. The van der Waals surface area contributed by atoms with Crippen molar-refractivity contribution in [2.24, 2.45) is 35.5 Å². The van der Waals surface area contributed by atoms with E-state index in [0.717, 1.165) is 39.3 Å². The van der Waals surface area contributed by atoms with Crippen LogP contribution in [0.25, 0.3) is 0 Å². The number of rotatable bonds is 19. The third-order valence-electron chi connectivity index (χ3n) is 17.6. The number of urea groups is 1. The van der Waals surface area contributed by atoms with E-state index in [-0.39, 0.29) is 61.8 Å². The van der Waals surface area contributed by atoms with Gasteiger partial charge in [-0.25, -0.2) is 4.79 Å². The second-order valence-corrected chi connectivity index (χ2v) is 29.2. The molecule has 0 spiro atoms. The van der Waals surface area contributed by atoms with Gasteiger partial charge in [-0.15, -0.1) is 11.8 Å². The number of hydrogen-bond acceptors (Lipinski definition) is 15. The first-order valence-electron chi connectivity index (χ1n) is 32.4. The van der Waals surface area contributed by atoms with Crippen LogP contribution < -0.4 is 26.6 Å². The van der Waals surface area contributed by atoms with Crippen LogP contribution in [0.1, 0.15) is 162 Å². The zero-order chi connectivity index (χ0) is 70.2. The normalized spacial score (nSPS) is 27.1. The highest BCUT2D eigenvalue weighted by atomic mass is 32.2. The lowest BCUT2D eigenvalue weighted by molar-refractivity contribution is -0.156. The van der Waals surface area contributed by atoms with Crippen molar-refractivity contribution in [2.75, 3.05) is 62.1 Å². The minimum absolute atomic E-state index is 0.0289. The molecule has 520 valence electrons. The second-order valence-electron chi connectivity index (χ2n) is 28.1. The Morgan fingerprint density at radius 1 is 0.582 bits per heavy atom. The zero-order valence-electron chi connectivity index (χ0n) is 59.3.